The molecular weight excluding hydrogens is 224 g/mol. The van der Waals surface area contributed by atoms with Crippen LogP contribution in [0, 0.1) is 0 Å². The normalized spacial score (nSPS) is 17.4. The van der Waals surface area contributed by atoms with E-state index >= 15 is 0 Å². The first kappa shape index (κ1) is 13.2. The van der Waals surface area contributed by atoms with E-state index in [9.17, 15) is 0 Å². The van der Waals surface area contributed by atoms with Crippen LogP contribution in [0.4, 0.5) is 11.4 Å². The van der Waals surface area contributed by atoms with Gasteiger partial charge in [-0.25, -0.2) is 0 Å². The molecule has 0 amide bonds. The minimum Gasteiger partial charge on any atom is -0.399 e. The summed E-state index contributed by atoms with van der Waals surface area (Å²) in [5, 5.41) is 0. The highest BCUT2D eigenvalue weighted by Gasteiger charge is 2.16. The molecule has 1 heterocycles. The third-order valence-electron chi connectivity index (χ3n) is 3.49. The van der Waals surface area contributed by atoms with Crippen molar-refractivity contribution in [1.29, 1.82) is 0 Å². The van der Waals surface area contributed by atoms with Crippen LogP contribution < -0.4 is 10.6 Å². The molecule has 0 saturated carbocycles. The number of hydrogen-bond acceptors (Lipinski definition) is 4. The lowest BCUT2D eigenvalue weighted by Gasteiger charge is -2.36. The lowest BCUT2D eigenvalue weighted by atomic mass is 10.2. The lowest BCUT2D eigenvalue weighted by Crippen LogP contribution is -2.48. The molecule has 4 nitrogen and oxygen atoms in total. The largest absolute Gasteiger partial charge is 0.399 e. The van der Waals surface area contributed by atoms with E-state index in [1.807, 2.05) is 12.1 Å². The highest BCUT2D eigenvalue weighted by atomic mass is 15.3. The van der Waals surface area contributed by atoms with E-state index in [-0.39, 0.29) is 0 Å². The highest BCUT2D eigenvalue weighted by Crippen LogP contribution is 2.17. The monoisotopic (exact) mass is 248 g/mol. The zero-order valence-electron chi connectivity index (χ0n) is 11.5. The summed E-state index contributed by atoms with van der Waals surface area (Å²) in [6.45, 7) is 6.83. The first-order chi connectivity index (χ1) is 8.65. The fraction of sp³-hybridized carbons (Fsp3) is 0.571. The zero-order valence-corrected chi connectivity index (χ0v) is 11.5. The number of piperazine rings is 1. The Bertz CT molecular complexity index is 353. The van der Waals surface area contributed by atoms with E-state index in [2.05, 4.69) is 40.9 Å². The molecule has 100 valence electrons. The second kappa shape index (κ2) is 6.07. The molecule has 2 N–H and O–H groups in total. The third-order valence-corrected chi connectivity index (χ3v) is 3.49. The summed E-state index contributed by atoms with van der Waals surface area (Å²) in [7, 11) is 4.26. The maximum absolute atomic E-state index is 5.71. The van der Waals surface area contributed by atoms with Crippen molar-refractivity contribution < 1.29 is 0 Å². The lowest BCUT2D eigenvalue weighted by molar-refractivity contribution is 0.229. The van der Waals surface area contributed by atoms with Gasteiger partial charge >= 0.3 is 0 Å². The number of benzene rings is 1. The van der Waals surface area contributed by atoms with Crippen molar-refractivity contribution in [3.63, 3.8) is 0 Å². The topological polar surface area (TPSA) is 35.7 Å². The van der Waals surface area contributed by atoms with Gasteiger partial charge in [0.25, 0.3) is 0 Å². The Morgan fingerprint density at radius 3 is 2.22 bits per heavy atom. The second-order valence-electron chi connectivity index (χ2n) is 5.22. The molecule has 0 aromatic heterocycles. The Morgan fingerprint density at radius 1 is 1.06 bits per heavy atom. The van der Waals surface area contributed by atoms with Crippen LogP contribution in [-0.4, -0.2) is 63.2 Å². The van der Waals surface area contributed by atoms with Gasteiger partial charge < -0.3 is 15.5 Å². The van der Waals surface area contributed by atoms with Gasteiger partial charge in [-0.3, -0.25) is 4.90 Å². The van der Waals surface area contributed by atoms with Gasteiger partial charge in [0.1, 0.15) is 0 Å². The van der Waals surface area contributed by atoms with E-state index in [1.54, 1.807) is 0 Å². The zero-order chi connectivity index (χ0) is 13.0. The van der Waals surface area contributed by atoms with Gasteiger partial charge in [0.05, 0.1) is 0 Å². The average Bonchev–Trinajstić information content (AvgIpc) is 2.38. The molecule has 0 bridgehead atoms. The summed E-state index contributed by atoms with van der Waals surface area (Å²) in [6.07, 6.45) is 0. The van der Waals surface area contributed by atoms with Crippen LogP contribution in [0.2, 0.25) is 0 Å². The van der Waals surface area contributed by atoms with Crippen molar-refractivity contribution in [2.24, 2.45) is 0 Å². The molecule has 0 radical (unpaired) electrons. The van der Waals surface area contributed by atoms with Gasteiger partial charge in [-0.1, -0.05) is 0 Å². The maximum Gasteiger partial charge on any atom is 0.0368 e. The number of anilines is 2. The fourth-order valence-corrected chi connectivity index (χ4v) is 2.26. The molecule has 18 heavy (non-hydrogen) atoms. The van der Waals surface area contributed by atoms with Gasteiger partial charge in [-0.2, -0.15) is 0 Å². The minimum absolute atomic E-state index is 0.836. The Balaban J connectivity index is 1.81. The van der Waals surface area contributed by atoms with Crippen molar-refractivity contribution in [1.82, 2.24) is 9.80 Å². The molecular formula is C14H24N4. The molecule has 1 fully saturated rings. The van der Waals surface area contributed by atoms with E-state index < -0.39 is 0 Å². The summed E-state index contributed by atoms with van der Waals surface area (Å²) >= 11 is 0. The molecule has 1 aliphatic heterocycles. The quantitative estimate of drug-likeness (QED) is 0.805. The summed E-state index contributed by atoms with van der Waals surface area (Å²) in [6, 6.07) is 8.19. The predicted molar refractivity (Wildman–Crippen MR) is 78.1 cm³/mol. The van der Waals surface area contributed by atoms with E-state index in [0.717, 1.165) is 38.4 Å². The van der Waals surface area contributed by atoms with Crippen molar-refractivity contribution in [2.75, 3.05) is 64.0 Å². The van der Waals surface area contributed by atoms with E-state index in [1.165, 1.54) is 12.2 Å². The smallest absolute Gasteiger partial charge is 0.0368 e. The van der Waals surface area contributed by atoms with Crippen molar-refractivity contribution >= 4 is 11.4 Å². The number of nitrogen functional groups attached to an aromatic ring is 1. The molecule has 1 aromatic carbocycles. The van der Waals surface area contributed by atoms with Crippen LogP contribution in [0.1, 0.15) is 0 Å². The summed E-state index contributed by atoms with van der Waals surface area (Å²) in [4.78, 5) is 7.21. The van der Waals surface area contributed by atoms with Gasteiger partial charge in [0, 0.05) is 50.6 Å². The van der Waals surface area contributed by atoms with Crippen LogP contribution in [0.25, 0.3) is 0 Å². The van der Waals surface area contributed by atoms with Crippen LogP contribution in [0.3, 0.4) is 0 Å². The van der Waals surface area contributed by atoms with Crippen molar-refractivity contribution in [2.45, 2.75) is 0 Å². The Morgan fingerprint density at radius 2 is 1.67 bits per heavy atom. The number of nitrogens with zero attached hydrogens (tertiary/aromatic N) is 3. The molecule has 0 aliphatic carbocycles. The van der Waals surface area contributed by atoms with Gasteiger partial charge in [0.2, 0.25) is 0 Å². The Kier molecular flexibility index (Phi) is 4.44. The molecule has 0 atom stereocenters. The highest BCUT2D eigenvalue weighted by molar-refractivity contribution is 5.53. The maximum atomic E-state index is 5.71. The molecule has 1 aromatic rings. The number of likely N-dealkylation sites (N-methyl/N-ethyl adjacent to an activating group) is 1. The van der Waals surface area contributed by atoms with Crippen molar-refractivity contribution in [3.05, 3.63) is 24.3 Å². The van der Waals surface area contributed by atoms with Gasteiger partial charge in [-0.05, 0) is 38.4 Å². The SMILES string of the molecule is CN(C)CCN1CCN(c2ccc(N)cc2)CC1. The molecule has 0 spiro atoms. The molecule has 4 heteroatoms. The predicted octanol–water partition coefficient (Wildman–Crippen LogP) is 0.952. The van der Waals surface area contributed by atoms with Crippen LogP contribution in [-0.2, 0) is 0 Å². The molecule has 1 aliphatic rings. The second-order valence-corrected chi connectivity index (χ2v) is 5.22. The summed E-state index contributed by atoms with van der Waals surface area (Å²) in [5.74, 6) is 0. The number of hydrogen-bond donors (Lipinski definition) is 1. The van der Waals surface area contributed by atoms with Gasteiger partial charge in [0.15, 0.2) is 0 Å². The fourth-order valence-electron chi connectivity index (χ4n) is 2.26. The Labute approximate surface area is 110 Å². The third kappa shape index (κ3) is 3.62. The van der Waals surface area contributed by atoms with Crippen LogP contribution >= 0.6 is 0 Å². The minimum atomic E-state index is 0.836. The number of rotatable bonds is 4. The Hall–Kier alpha value is -1.26. The van der Waals surface area contributed by atoms with Crippen LogP contribution in [0.5, 0.6) is 0 Å². The standard InChI is InChI=1S/C14H24N4/c1-16(2)7-8-17-9-11-18(12-10-17)14-5-3-13(15)4-6-14/h3-6H,7-12,15H2,1-2H3. The summed E-state index contributed by atoms with van der Waals surface area (Å²) in [5.41, 5.74) is 7.84. The average molecular weight is 248 g/mol. The summed E-state index contributed by atoms with van der Waals surface area (Å²) < 4.78 is 0. The van der Waals surface area contributed by atoms with E-state index in [4.69, 9.17) is 5.73 Å². The van der Waals surface area contributed by atoms with Crippen LogP contribution in [0.15, 0.2) is 24.3 Å². The number of nitrogens with two attached hydrogens (primary N) is 1. The van der Waals surface area contributed by atoms with Gasteiger partial charge in [-0.15, -0.1) is 0 Å². The molecule has 0 unspecified atom stereocenters. The first-order valence-electron chi connectivity index (χ1n) is 6.63. The molecule has 2 rings (SSSR count). The van der Waals surface area contributed by atoms with E-state index in [0.29, 0.717) is 0 Å². The first-order valence-corrected chi connectivity index (χ1v) is 6.63. The van der Waals surface area contributed by atoms with Crippen molar-refractivity contribution in [3.8, 4) is 0 Å². The molecule has 1 saturated heterocycles.